The summed E-state index contributed by atoms with van der Waals surface area (Å²) >= 11 is 0. The molecule has 0 heterocycles. The lowest BCUT2D eigenvalue weighted by Gasteiger charge is -2.26. The van der Waals surface area contributed by atoms with E-state index in [1.807, 2.05) is 46.4 Å². The zero-order valence-corrected chi connectivity index (χ0v) is 11.4. The summed E-state index contributed by atoms with van der Waals surface area (Å²) in [5.41, 5.74) is 0. The highest BCUT2D eigenvalue weighted by molar-refractivity contribution is 5.85. The first-order valence-corrected chi connectivity index (χ1v) is 6.05. The molecular formula is C13H25NO2. The molecule has 0 aromatic carbocycles. The zero-order valence-electron chi connectivity index (χ0n) is 11.4. The van der Waals surface area contributed by atoms with E-state index in [9.17, 15) is 9.59 Å². The molecule has 0 spiro atoms. The third kappa shape index (κ3) is 5.40. The van der Waals surface area contributed by atoms with Crippen molar-refractivity contribution in [2.75, 3.05) is 13.1 Å². The molecule has 0 N–H and O–H groups in total. The molecule has 0 aromatic rings. The monoisotopic (exact) mass is 227 g/mol. The third-order valence-corrected chi connectivity index (χ3v) is 2.74. The number of carbonyl (C=O) groups is 2. The summed E-state index contributed by atoms with van der Waals surface area (Å²) in [6, 6.07) is 0.227. The van der Waals surface area contributed by atoms with Crippen LogP contribution in [0, 0.1) is 11.8 Å². The zero-order chi connectivity index (χ0) is 12.9. The second kappa shape index (κ2) is 6.79. The summed E-state index contributed by atoms with van der Waals surface area (Å²) in [7, 11) is 0. The third-order valence-electron chi connectivity index (χ3n) is 2.74. The summed E-state index contributed by atoms with van der Waals surface area (Å²) in [4.78, 5) is 25.3. The number of carbonyl (C=O) groups excluding carboxylic acids is 2. The molecule has 16 heavy (non-hydrogen) atoms. The molecule has 0 rings (SSSR count). The standard InChI is InChI=1S/C13H25NO2/c1-9(2)12(15)7-14(11(5)6)8-13(16)10(3)4/h9-11H,7-8H2,1-6H3. The van der Waals surface area contributed by atoms with Crippen molar-refractivity contribution in [3.63, 3.8) is 0 Å². The molecule has 3 nitrogen and oxygen atoms in total. The number of Topliss-reactive ketones (excluding diaryl/α,β-unsaturated/α-hetero) is 2. The predicted molar refractivity (Wildman–Crippen MR) is 66.4 cm³/mol. The molecule has 0 aliphatic carbocycles. The van der Waals surface area contributed by atoms with Gasteiger partial charge in [-0.3, -0.25) is 14.5 Å². The molecule has 0 amide bonds. The molecule has 0 unspecified atom stereocenters. The molecule has 0 radical (unpaired) electrons. The van der Waals surface area contributed by atoms with Crippen molar-refractivity contribution in [1.82, 2.24) is 4.90 Å². The Labute approximate surface area is 99.2 Å². The van der Waals surface area contributed by atoms with Crippen molar-refractivity contribution in [2.24, 2.45) is 11.8 Å². The van der Waals surface area contributed by atoms with Gasteiger partial charge in [-0.15, -0.1) is 0 Å². The van der Waals surface area contributed by atoms with E-state index in [0.29, 0.717) is 13.1 Å². The van der Waals surface area contributed by atoms with Crippen LogP contribution in [-0.2, 0) is 9.59 Å². The Balaban J connectivity index is 4.40. The van der Waals surface area contributed by atoms with Crippen LogP contribution >= 0.6 is 0 Å². The number of hydrogen-bond acceptors (Lipinski definition) is 3. The largest absolute Gasteiger partial charge is 0.298 e. The fourth-order valence-corrected chi connectivity index (χ4v) is 1.19. The van der Waals surface area contributed by atoms with E-state index in [2.05, 4.69) is 0 Å². The molecule has 0 atom stereocenters. The van der Waals surface area contributed by atoms with Crippen LogP contribution < -0.4 is 0 Å². The van der Waals surface area contributed by atoms with Crippen LogP contribution in [0.1, 0.15) is 41.5 Å². The highest BCUT2D eigenvalue weighted by Crippen LogP contribution is 2.05. The molecule has 0 saturated carbocycles. The maximum Gasteiger partial charge on any atom is 0.149 e. The minimum absolute atomic E-state index is 0.0374. The van der Waals surface area contributed by atoms with Gasteiger partial charge >= 0.3 is 0 Å². The second-order valence-electron chi connectivity index (χ2n) is 5.24. The first kappa shape index (κ1) is 15.3. The van der Waals surface area contributed by atoms with Crippen molar-refractivity contribution < 1.29 is 9.59 Å². The van der Waals surface area contributed by atoms with Gasteiger partial charge in [-0.05, 0) is 13.8 Å². The van der Waals surface area contributed by atoms with Crippen molar-refractivity contribution in [1.29, 1.82) is 0 Å². The Morgan fingerprint density at radius 1 is 0.812 bits per heavy atom. The summed E-state index contributed by atoms with van der Waals surface area (Å²) in [6.45, 7) is 12.4. The Kier molecular flexibility index (Phi) is 6.49. The Hall–Kier alpha value is -0.700. The van der Waals surface area contributed by atoms with Crippen LogP contribution in [-0.4, -0.2) is 35.6 Å². The minimum atomic E-state index is 0.0374. The fraction of sp³-hybridized carbons (Fsp3) is 0.846. The minimum Gasteiger partial charge on any atom is -0.298 e. The van der Waals surface area contributed by atoms with Crippen LogP contribution in [0.5, 0.6) is 0 Å². The number of rotatable bonds is 7. The van der Waals surface area contributed by atoms with E-state index < -0.39 is 0 Å². The molecule has 3 heteroatoms. The van der Waals surface area contributed by atoms with Crippen LogP contribution in [0.15, 0.2) is 0 Å². The van der Waals surface area contributed by atoms with Crippen LogP contribution in [0.25, 0.3) is 0 Å². The first-order valence-electron chi connectivity index (χ1n) is 6.05. The normalized spacial score (nSPS) is 11.9. The molecule has 0 saturated heterocycles. The van der Waals surface area contributed by atoms with Gasteiger partial charge in [-0.1, -0.05) is 27.7 Å². The Morgan fingerprint density at radius 3 is 1.31 bits per heavy atom. The van der Waals surface area contributed by atoms with Gasteiger partial charge in [-0.2, -0.15) is 0 Å². The lowest BCUT2D eigenvalue weighted by atomic mass is 10.1. The van der Waals surface area contributed by atoms with Gasteiger partial charge in [0.15, 0.2) is 0 Å². The first-order chi connectivity index (χ1) is 7.25. The summed E-state index contributed by atoms with van der Waals surface area (Å²) in [5, 5.41) is 0. The highest BCUT2D eigenvalue weighted by atomic mass is 16.1. The van der Waals surface area contributed by atoms with E-state index in [4.69, 9.17) is 0 Å². The number of ketones is 2. The molecule has 0 aliphatic heterocycles. The van der Waals surface area contributed by atoms with Gasteiger partial charge < -0.3 is 0 Å². The lowest BCUT2D eigenvalue weighted by molar-refractivity contribution is -0.126. The molecule has 0 fully saturated rings. The molecule has 0 aromatic heterocycles. The highest BCUT2D eigenvalue weighted by Gasteiger charge is 2.20. The van der Waals surface area contributed by atoms with Crippen LogP contribution in [0.2, 0.25) is 0 Å². The lowest BCUT2D eigenvalue weighted by Crippen LogP contribution is -2.41. The van der Waals surface area contributed by atoms with Gasteiger partial charge in [0.05, 0.1) is 13.1 Å². The summed E-state index contributed by atoms with van der Waals surface area (Å²) in [5.74, 6) is 0.473. The van der Waals surface area contributed by atoms with Crippen molar-refractivity contribution in [3.05, 3.63) is 0 Å². The van der Waals surface area contributed by atoms with E-state index in [1.54, 1.807) is 0 Å². The fourth-order valence-electron chi connectivity index (χ4n) is 1.19. The van der Waals surface area contributed by atoms with Gasteiger partial charge in [0.1, 0.15) is 11.6 Å². The maximum absolute atomic E-state index is 11.7. The molecule has 0 bridgehead atoms. The van der Waals surface area contributed by atoms with Gasteiger partial charge in [0, 0.05) is 17.9 Å². The summed E-state index contributed by atoms with van der Waals surface area (Å²) in [6.07, 6.45) is 0. The number of nitrogens with zero attached hydrogens (tertiary/aromatic N) is 1. The van der Waals surface area contributed by atoms with Crippen molar-refractivity contribution in [2.45, 2.75) is 47.6 Å². The van der Waals surface area contributed by atoms with Crippen molar-refractivity contribution >= 4 is 11.6 Å². The Bertz CT molecular complexity index is 222. The van der Waals surface area contributed by atoms with E-state index >= 15 is 0 Å². The predicted octanol–water partition coefficient (Wildman–Crippen LogP) is 2.15. The number of hydrogen-bond donors (Lipinski definition) is 0. The van der Waals surface area contributed by atoms with E-state index in [-0.39, 0.29) is 29.4 Å². The van der Waals surface area contributed by atoms with Crippen molar-refractivity contribution in [3.8, 4) is 0 Å². The SMILES string of the molecule is CC(C)C(=O)CN(CC(=O)C(C)C)C(C)C. The quantitative estimate of drug-likeness (QED) is 0.669. The van der Waals surface area contributed by atoms with Gasteiger partial charge in [0.25, 0.3) is 0 Å². The van der Waals surface area contributed by atoms with E-state index in [0.717, 1.165) is 0 Å². The van der Waals surface area contributed by atoms with Crippen LogP contribution in [0.4, 0.5) is 0 Å². The summed E-state index contributed by atoms with van der Waals surface area (Å²) < 4.78 is 0. The molecule has 94 valence electrons. The topological polar surface area (TPSA) is 37.4 Å². The van der Waals surface area contributed by atoms with Gasteiger partial charge in [0.2, 0.25) is 0 Å². The molecular weight excluding hydrogens is 202 g/mol. The Morgan fingerprint density at radius 2 is 1.12 bits per heavy atom. The molecule has 0 aliphatic rings. The maximum atomic E-state index is 11.7. The van der Waals surface area contributed by atoms with E-state index in [1.165, 1.54) is 0 Å². The second-order valence-corrected chi connectivity index (χ2v) is 5.24. The van der Waals surface area contributed by atoms with Crippen LogP contribution in [0.3, 0.4) is 0 Å². The smallest absolute Gasteiger partial charge is 0.149 e. The van der Waals surface area contributed by atoms with Gasteiger partial charge in [-0.25, -0.2) is 0 Å². The average molecular weight is 227 g/mol. The average Bonchev–Trinajstić information content (AvgIpc) is 2.15.